The first-order chi connectivity index (χ1) is 10.6. The molecule has 1 saturated carbocycles. The zero-order chi connectivity index (χ0) is 16.4. The Labute approximate surface area is 135 Å². The minimum absolute atomic E-state index is 0.105. The predicted molar refractivity (Wildman–Crippen MR) is 93.0 cm³/mol. The van der Waals surface area contributed by atoms with Crippen molar-refractivity contribution in [2.75, 3.05) is 33.7 Å². The van der Waals surface area contributed by atoms with Crippen LogP contribution in [0.25, 0.3) is 0 Å². The van der Waals surface area contributed by atoms with Gasteiger partial charge in [0.05, 0.1) is 0 Å². The van der Waals surface area contributed by atoms with E-state index in [0.29, 0.717) is 13.0 Å². The molecule has 5 nitrogen and oxygen atoms in total. The number of amides is 1. The van der Waals surface area contributed by atoms with Gasteiger partial charge in [-0.1, -0.05) is 26.7 Å². The van der Waals surface area contributed by atoms with Crippen LogP contribution in [0.4, 0.5) is 0 Å². The fourth-order valence-corrected chi connectivity index (χ4v) is 3.01. The van der Waals surface area contributed by atoms with Crippen LogP contribution in [0.3, 0.4) is 0 Å². The molecule has 22 heavy (non-hydrogen) atoms. The molecule has 0 aromatic carbocycles. The fraction of sp³-hybridized carbons (Fsp3) is 0.882. The zero-order valence-electron chi connectivity index (χ0n) is 14.8. The number of guanidine groups is 1. The van der Waals surface area contributed by atoms with E-state index in [4.69, 9.17) is 0 Å². The maximum Gasteiger partial charge on any atom is 0.221 e. The number of nitrogens with one attached hydrogen (secondary N) is 2. The molecule has 0 aliphatic heterocycles. The Morgan fingerprint density at radius 2 is 1.86 bits per heavy atom. The molecular weight excluding hydrogens is 276 g/mol. The Morgan fingerprint density at radius 1 is 1.18 bits per heavy atom. The van der Waals surface area contributed by atoms with Gasteiger partial charge in [-0.25, -0.2) is 0 Å². The average molecular weight is 310 g/mol. The topological polar surface area (TPSA) is 56.7 Å². The molecule has 5 heteroatoms. The molecular formula is C17H34N4O. The van der Waals surface area contributed by atoms with Crippen LogP contribution in [0, 0.1) is 11.8 Å². The van der Waals surface area contributed by atoms with Gasteiger partial charge < -0.3 is 15.5 Å². The summed E-state index contributed by atoms with van der Waals surface area (Å²) in [5.41, 5.74) is 0. The van der Waals surface area contributed by atoms with Gasteiger partial charge in [0, 0.05) is 40.2 Å². The van der Waals surface area contributed by atoms with Crippen LogP contribution < -0.4 is 10.6 Å². The summed E-state index contributed by atoms with van der Waals surface area (Å²) in [4.78, 5) is 18.1. The van der Waals surface area contributed by atoms with Gasteiger partial charge in [-0.05, 0) is 31.1 Å². The standard InChI is InChI=1S/C17H34N4O/c1-5-11-19-16(22)10-12-20-17(18-3)21(4)13-15-8-6-14(2)7-9-15/h14-15H,5-13H2,1-4H3,(H,18,20)(H,19,22). The SMILES string of the molecule is CCCNC(=O)CCNC(=NC)N(C)CC1CCC(C)CC1. The summed E-state index contributed by atoms with van der Waals surface area (Å²) >= 11 is 0. The molecule has 0 heterocycles. The summed E-state index contributed by atoms with van der Waals surface area (Å²) < 4.78 is 0. The first-order valence-electron chi connectivity index (χ1n) is 8.75. The van der Waals surface area contributed by atoms with Crippen molar-refractivity contribution in [1.29, 1.82) is 0 Å². The van der Waals surface area contributed by atoms with Gasteiger partial charge in [-0.2, -0.15) is 0 Å². The number of hydrogen-bond acceptors (Lipinski definition) is 2. The molecule has 128 valence electrons. The molecule has 0 aromatic rings. The van der Waals surface area contributed by atoms with Gasteiger partial charge in [0.2, 0.25) is 5.91 Å². The van der Waals surface area contributed by atoms with Crippen LogP contribution in [0.5, 0.6) is 0 Å². The van der Waals surface area contributed by atoms with Crippen molar-refractivity contribution < 1.29 is 4.79 Å². The Bertz CT molecular complexity index is 349. The Morgan fingerprint density at radius 3 is 2.45 bits per heavy atom. The van der Waals surface area contributed by atoms with Crippen molar-refractivity contribution in [1.82, 2.24) is 15.5 Å². The highest BCUT2D eigenvalue weighted by Crippen LogP contribution is 2.28. The minimum Gasteiger partial charge on any atom is -0.356 e. The summed E-state index contributed by atoms with van der Waals surface area (Å²) in [7, 11) is 3.89. The number of carbonyl (C=O) groups is 1. The Balaban J connectivity index is 2.26. The fourth-order valence-electron chi connectivity index (χ4n) is 3.01. The third kappa shape index (κ3) is 7.14. The molecule has 0 aromatic heterocycles. The summed E-state index contributed by atoms with van der Waals surface area (Å²) in [6.07, 6.45) is 6.81. The van der Waals surface area contributed by atoms with E-state index >= 15 is 0 Å². The molecule has 0 saturated heterocycles. The summed E-state index contributed by atoms with van der Waals surface area (Å²) in [6.45, 7) is 6.85. The van der Waals surface area contributed by atoms with Gasteiger partial charge in [0.25, 0.3) is 0 Å². The first-order valence-corrected chi connectivity index (χ1v) is 8.75. The van der Waals surface area contributed by atoms with E-state index < -0.39 is 0 Å². The smallest absolute Gasteiger partial charge is 0.221 e. The molecule has 0 bridgehead atoms. The van der Waals surface area contributed by atoms with Crippen molar-refractivity contribution in [3.05, 3.63) is 0 Å². The van der Waals surface area contributed by atoms with E-state index in [9.17, 15) is 4.79 Å². The molecule has 0 radical (unpaired) electrons. The number of rotatable bonds is 7. The van der Waals surface area contributed by atoms with Gasteiger partial charge in [0.15, 0.2) is 5.96 Å². The van der Waals surface area contributed by atoms with E-state index in [1.54, 1.807) is 7.05 Å². The molecule has 0 unspecified atom stereocenters. The molecule has 2 N–H and O–H groups in total. The number of carbonyl (C=O) groups excluding carboxylic acids is 1. The van der Waals surface area contributed by atoms with Crippen LogP contribution in [0.1, 0.15) is 52.4 Å². The van der Waals surface area contributed by atoms with E-state index in [0.717, 1.165) is 37.3 Å². The zero-order valence-corrected chi connectivity index (χ0v) is 14.8. The molecule has 1 fully saturated rings. The summed E-state index contributed by atoms with van der Waals surface area (Å²) in [6, 6.07) is 0. The second-order valence-corrected chi connectivity index (χ2v) is 6.58. The lowest BCUT2D eigenvalue weighted by atomic mass is 9.83. The number of hydrogen-bond donors (Lipinski definition) is 2. The highest BCUT2D eigenvalue weighted by atomic mass is 16.1. The normalized spacial score (nSPS) is 22.3. The maximum atomic E-state index is 11.6. The first kappa shape index (κ1) is 18.8. The Kier molecular flexibility index (Phi) is 8.94. The molecule has 1 amide bonds. The number of aliphatic imine (C=N–C) groups is 1. The van der Waals surface area contributed by atoms with Crippen LogP contribution in [-0.4, -0.2) is 50.5 Å². The second kappa shape index (κ2) is 10.5. The lowest BCUT2D eigenvalue weighted by molar-refractivity contribution is -0.120. The molecule has 1 aliphatic carbocycles. The van der Waals surface area contributed by atoms with Crippen molar-refractivity contribution in [3.8, 4) is 0 Å². The van der Waals surface area contributed by atoms with E-state index in [-0.39, 0.29) is 5.91 Å². The van der Waals surface area contributed by atoms with Crippen LogP contribution in [0.2, 0.25) is 0 Å². The van der Waals surface area contributed by atoms with Crippen LogP contribution >= 0.6 is 0 Å². The van der Waals surface area contributed by atoms with E-state index in [2.05, 4.69) is 41.4 Å². The highest BCUT2D eigenvalue weighted by Gasteiger charge is 2.20. The Hall–Kier alpha value is -1.26. The monoisotopic (exact) mass is 310 g/mol. The highest BCUT2D eigenvalue weighted by molar-refractivity contribution is 5.81. The van der Waals surface area contributed by atoms with Gasteiger partial charge in [0.1, 0.15) is 0 Å². The summed E-state index contributed by atoms with van der Waals surface area (Å²) in [5.74, 6) is 2.66. The average Bonchev–Trinajstić information content (AvgIpc) is 2.51. The molecule has 0 spiro atoms. The third-order valence-corrected chi connectivity index (χ3v) is 4.45. The second-order valence-electron chi connectivity index (χ2n) is 6.58. The van der Waals surface area contributed by atoms with E-state index in [1.165, 1.54) is 25.7 Å². The van der Waals surface area contributed by atoms with Gasteiger partial charge >= 0.3 is 0 Å². The largest absolute Gasteiger partial charge is 0.356 e. The molecule has 1 aliphatic rings. The minimum atomic E-state index is 0.105. The lowest BCUT2D eigenvalue weighted by Crippen LogP contribution is -2.43. The summed E-state index contributed by atoms with van der Waals surface area (Å²) in [5, 5.41) is 6.18. The molecule has 0 atom stereocenters. The third-order valence-electron chi connectivity index (χ3n) is 4.45. The quantitative estimate of drug-likeness (QED) is 0.560. The predicted octanol–water partition coefficient (Wildman–Crippen LogP) is 2.24. The van der Waals surface area contributed by atoms with Crippen LogP contribution in [-0.2, 0) is 4.79 Å². The maximum absolute atomic E-state index is 11.6. The van der Waals surface area contributed by atoms with Crippen molar-refractivity contribution >= 4 is 11.9 Å². The van der Waals surface area contributed by atoms with Gasteiger partial charge in [-0.15, -0.1) is 0 Å². The number of nitrogens with zero attached hydrogens (tertiary/aromatic N) is 2. The molecule has 1 rings (SSSR count). The van der Waals surface area contributed by atoms with Crippen LogP contribution in [0.15, 0.2) is 4.99 Å². The lowest BCUT2D eigenvalue weighted by Gasteiger charge is -2.31. The van der Waals surface area contributed by atoms with E-state index in [1.807, 2.05) is 0 Å². The van der Waals surface area contributed by atoms with Crippen molar-refractivity contribution in [2.45, 2.75) is 52.4 Å². The van der Waals surface area contributed by atoms with Crippen molar-refractivity contribution in [2.24, 2.45) is 16.8 Å². The van der Waals surface area contributed by atoms with Gasteiger partial charge in [-0.3, -0.25) is 9.79 Å². The van der Waals surface area contributed by atoms with Crippen molar-refractivity contribution in [3.63, 3.8) is 0 Å².